The molecule has 1 aromatic heterocycles. The van der Waals surface area contributed by atoms with Gasteiger partial charge in [0.15, 0.2) is 0 Å². The van der Waals surface area contributed by atoms with Crippen LogP contribution in [0.25, 0.3) is 0 Å². The lowest BCUT2D eigenvalue weighted by atomic mass is 10.1. The Kier molecular flexibility index (Phi) is 4.13. The minimum atomic E-state index is -0.181. The van der Waals surface area contributed by atoms with Crippen molar-refractivity contribution in [1.29, 1.82) is 0 Å². The first-order chi connectivity index (χ1) is 9.19. The van der Waals surface area contributed by atoms with Crippen molar-refractivity contribution in [3.05, 3.63) is 59.4 Å². The molecule has 0 bridgehead atoms. The highest BCUT2D eigenvalue weighted by Crippen LogP contribution is 2.11. The zero-order chi connectivity index (χ0) is 13.7. The van der Waals surface area contributed by atoms with Gasteiger partial charge in [0.05, 0.1) is 0 Å². The largest absolute Gasteiger partial charge is 0.381 e. The number of amides is 1. The fourth-order valence-corrected chi connectivity index (χ4v) is 1.70. The summed E-state index contributed by atoms with van der Waals surface area (Å²) in [7, 11) is 1.59. The number of anilines is 1. The molecule has 0 aliphatic rings. The van der Waals surface area contributed by atoms with E-state index < -0.39 is 0 Å². The first-order valence-corrected chi connectivity index (χ1v) is 6.16. The number of hydrogen-bond donors (Lipinski definition) is 2. The molecule has 1 heterocycles. The Hall–Kier alpha value is -2.36. The van der Waals surface area contributed by atoms with Gasteiger partial charge in [0, 0.05) is 25.5 Å². The molecule has 2 N–H and O–H groups in total. The molecular weight excluding hydrogens is 238 g/mol. The maximum Gasteiger partial charge on any atom is 0.269 e. The molecule has 0 aliphatic heterocycles. The number of pyridine rings is 1. The molecule has 0 saturated carbocycles. The molecule has 2 rings (SSSR count). The number of carbonyl (C=O) groups is 1. The maximum atomic E-state index is 11.5. The van der Waals surface area contributed by atoms with Gasteiger partial charge in [-0.1, -0.05) is 29.8 Å². The Balaban J connectivity index is 2.03. The van der Waals surface area contributed by atoms with Crippen LogP contribution in [0.2, 0.25) is 0 Å². The van der Waals surface area contributed by atoms with Gasteiger partial charge < -0.3 is 10.6 Å². The minimum Gasteiger partial charge on any atom is -0.381 e. The molecule has 4 heteroatoms. The Labute approximate surface area is 112 Å². The second kappa shape index (κ2) is 6.00. The normalized spacial score (nSPS) is 10.0. The number of nitrogens with zero attached hydrogens (tertiary/aromatic N) is 1. The van der Waals surface area contributed by atoms with Gasteiger partial charge in [0.2, 0.25) is 0 Å². The SMILES string of the molecule is CNC(=O)c1cc(NCc2ccc(C)cc2)ccn1. The van der Waals surface area contributed by atoms with Crippen LogP contribution in [0.5, 0.6) is 0 Å². The lowest BCUT2D eigenvalue weighted by Crippen LogP contribution is -2.19. The second-order valence-corrected chi connectivity index (χ2v) is 4.35. The molecule has 0 aliphatic carbocycles. The number of rotatable bonds is 4. The van der Waals surface area contributed by atoms with Crippen LogP contribution < -0.4 is 10.6 Å². The van der Waals surface area contributed by atoms with Crippen LogP contribution in [0, 0.1) is 6.92 Å². The summed E-state index contributed by atoms with van der Waals surface area (Å²) in [5.74, 6) is -0.181. The van der Waals surface area contributed by atoms with Gasteiger partial charge in [0.1, 0.15) is 5.69 Å². The monoisotopic (exact) mass is 255 g/mol. The van der Waals surface area contributed by atoms with Gasteiger partial charge in [-0.3, -0.25) is 9.78 Å². The minimum absolute atomic E-state index is 0.181. The van der Waals surface area contributed by atoms with Gasteiger partial charge >= 0.3 is 0 Å². The van der Waals surface area contributed by atoms with Crippen molar-refractivity contribution >= 4 is 11.6 Å². The topological polar surface area (TPSA) is 54.0 Å². The predicted octanol–water partition coefficient (Wildman–Crippen LogP) is 2.36. The molecule has 0 atom stereocenters. The Morgan fingerprint density at radius 1 is 1.21 bits per heavy atom. The number of aryl methyl sites for hydroxylation is 1. The van der Waals surface area contributed by atoms with E-state index in [1.54, 1.807) is 19.3 Å². The number of carbonyl (C=O) groups excluding carboxylic acids is 1. The van der Waals surface area contributed by atoms with E-state index in [-0.39, 0.29) is 5.91 Å². The van der Waals surface area contributed by atoms with Crippen molar-refractivity contribution in [1.82, 2.24) is 10.3 Å². The molecule has 1 amide bonds. The number of nitrogens with one attached hydrogen (secondary N) is 2. The van der Waals surface area contributed by atoms with Crippen LogP contribution in [0.1, 0.15) is 21.6 Å². The van der Waals surface area contributed by atoms with Crippen LogP contribution in [-0.4, -0.2) is 17.9 Å². The Morgan fingerprint density at radius 3 is 2.63 bits per heavy atom. The van der Waals surface area contributed by atoms with Crippen molar-refractivity contribution in [3.63, 3.8) is 0 Å². The highest BCUT2D eigenvalue weighted by atomic mass is 16.1. The van der Waals surface area contributed by atoms with E-state index >= 15 is 0 Å². The van der Waals surface area contributed by atoms with E-state index in [1.807, 2.05) is 6.07 Å². The van der Waals surface area contributed by atoms with Gasteiger partial charge in [-0.05, 0) is 24.6 Å². The van der Waals surface area contributed by atoms with Gasteiger partial charge in [0.25, 0.3) is 5.91 Å². The third-order valence-electron chi connectivity index (χ3n) is 2.84. The van der Waals surface area contributed by atoms with Crippen molar-refractivity contribution in [2.24, 2.45) is 0 Å². The molecule has 1 aromatic carbocycles. The molecule has 98 valence electrons. The summed E-state index contributed by atoms with van der Waals surface area (Å²) in [4.78, 5) is 15.5. The lowest BCUT2D eigenvalue weighted by Gasteiger charge is -2.08. The average molecular weight is 255 g/mol. The van der Waals surface area contributed by atoms with Crippen molar-refractivity contribution in [2.45, 2.75) is 13.5 Å². The third-order valence-corrected chi connectivity index (χ3v) is 2.84. The Morgan fingerprint density at radius 2 is 1.95 bits per heavy atom. The molecule has 4 nitrogen and oxygen atoms in total. The van der Waals surface area contributed by atoms with Crippen LogP contribution in [0.15, 0.2) is 42.6 Å². The summed E-state index contributed by atoms with van der Waals surface area (Å²) in [6.07, 6.45) is 1.63. The highest BCUT2D eigenvalue weighted by molar-refractivity contribution is 5.92. The fourth-order valence-electron chi connectivity index (χ4n) is 1.70. The van der Waals surface area contributed by atoms with E-state index in [4.69, 9.17) is 0 Å². The van der Waals surface area contributed by atoms with Crippen molar-refractivity contribution < 1.29 is 4.79 Å². The van der Waals surface area contributed by atoms with Crippen LogP contribution >= 0.6 is 0 Å². The molecule has 0 radical (unpaired) electrons. The van der Waals surface area contributed by atoms with E-state index in [0.717, 1.165) is 12.2 Å². The van der Waals surface area contributed by atoms with Crippen LogP contribution in [-0.2, 0) is 6.54 Å². The van der Waals surface area contributed by atoms with Crippen molar-refractivity contribution in [2.75, 3.05) is 12.4 Å². The average Bonchev–Trinajstić information content (AvgIpc) is 2.46. The smallest absolute Gasteiger partial charge is 0.269 e. The lowest BCUT2D eigenvalue weighted by molar-refractivity contribution is 0.0958. The summed E-state index contributed by atoms with van der Waals surface area (Å²) < 4.78 is 0. The van der Waals surface area contributed by atoms with Gasteiger partial charge in [-0.2, -0.15) is 0 Å². The summed E-state index contributed by atoms with van der Waals surface area (Å²) in [5.41, 5.74) is 3.74. The number of benzene rings is 1. The predicted molar refractivity (Wildman–Crippen MR) is 76.1 cm³/mol. The summed E-state index contributed by atoms with van der Waals surface area (Å²) in [5, 5.41) is 5.84. The fraction of sp³-hybridized carbons (Fsp3) is 0.200. The Bertz CT molecular complexity index is 564. The van der Waals surface area contributed by atoms with Crippen LogP contribution in [0.3, 0.4) is 0 Å². The zero-order valence-electron chi connectivity index (χ0n) is 11.1. The maximum absolute atomic E-state index is 11.5. The molecule has 19 heavy (non-hydrogen) atoms. The van der Waals surface area contributed by atoms with Crippen LogP contribution in [0.4, 0.5) is 5.69 Å². The molecule has 0 fully saturated rings. The molecule has 0 spiro atoms. The standard InChI is InChI=1S/C15H17N3O/c1-11-3-5-12(6-4-11)10-18-13-7-8-17-14(9-13)15(19)16-2/h3-9H,10H2,1-2H3,(H,16,19)(H,17,18). The second-order valence-electron chi connectivity index (χ2n) is 4.35. The van der Waals surface area contributed by atoms with Gasteiger partial charge in [-0.15, -0.1) is 0 Å². The van der Waals surface area contributed by atoms with Gasteiger partial charge in [-0.25, -0.2) is 0 Å². The summed E-state index contributed by atoms with van der Waals surface area (Å²) in [6, 6.07) is 11.9. The third kappa shape index (κ3) is 3.55. The first-order valence-electron chi connectivity index (χ1n) is 6.16. The molecule has 2 aromatic rings. The van der Waals surface area contributed by atoms with E-state index in [0.29, 0.717) is 5.69 Å². The highest BCUT2D eigenvalue weighted by Gasteiger charge is 2.04. The molecule has 0 saturated heterocycles. The molecule has 0 unspecified atom stereocenters. The van der Waals surface area contributed by atoms with E-state index in [9.17, 15) is 4.79 Å². The first kappa shape index (κ1) is 13.1. The van der Waals surface area contributed by atoms with E-state index in [2.05, 4.69) is 46.8 Å². The van der Waals surface area contributed by atoms with E-state index in [1.165, 1.54) is 11.1 Å². The quantitative estimate of drug-likeness (QED) is 0.881. The number of aromatic nitrogens is 1. The summed E-state index contributed by atoms with van der Waals surface area (Å²) in [6.45, 7) is 2.78. The zero-order valence-corrected chi connectivity index (χ0v) is 11.1. The number of hydrogen-bond acceptors (Lipinski definition) is 3. The molecular formula is C15H17N3O. The summed E-state index contributed by atoms with van der Waals surface area (Å²) >= 11 is 0. The van der Waals surface area contributed by atoms with Crippen molar-refractivity contribution in [3.8, 4) is 0 Å².